The number of aromatic nitrogens is 4. The molecule has 7 heteroatoms. The topological polar surface area (TPSA) is 74.1 Å². The number of imidazole rings is 1. The van der Waals surface area contributed by atoms with Crippen LogP contribution in [0.25, 0.3) is 5.69 Å². The summed E-state index contributed by atoms with van der Waals surface area (Å²) < 4.78 is 12.9. The molecule has 0 radical (unpaired) electrons. The van der Waals surface area contributed by atoms with E-state index >= 15 is 0 Å². The number of aryl methyl sites for hydroxylation is 2. The van der Waals surface area contributed by atoms with E-state index in [-0.39, 0.29) is 0 Å². The zero-order chi connectivity index (χ0) is 17.8. The van der Waals surface area contributed by atoms with Crippen molar-refractivity contribution in [3.05, 3.63) is 48.2 Å². The number of rotatable bonds is 6. The van der Waals surface area contributed by atoms with E-state index in [1.54, 1.807) is 19.5 Å². The second kappa shape index (κ2) is 7.21. The number of anilines is 2. The molecule has 0 aliphatic heterocycles. The first-order valence-electron chi connectivity index (χ1n) is 8.03. The van der Waals surface area contributed by atoms with E-state index in [1.807, 2.05) is 49.7 Å². The molecule has 7 nitrogen and oxygen atoms in total. The molecule has 2 aromatic heterocycles. The summed E-state index contributed by atoms with van der Waals surface area (Å²) in [5.41, 5.74) is 3.51. The Kier molecular flexibility index (Phi) is 4.83. The van der Waals surface area contributed by atoms with Crippen molar-refractivity contribution in [2.24, 2.45) is 0 Å². The van der Waals surface area contributed by atoms with Crippen LogP contribution in [0.3, 0.4) is 0 Å². The highest BCUT2D eigenvalue weighted by Gasteiger charge is 2.09. The summed E-state index contributed by atoms with van der Waals surface area (Å²) in [7, 11) is 1.64. The zero-order valence-electron chi connectivity index (χ0n) is 14.8. The number of hydrogen-bond acceptors (Lipinski definition) is 6. The van der Waals surface area contributed by atoms with Gasteiger partial charge in [0.2, 0.25) is 11.8 Å². The van der Waals surface area contributed by atoms with Crippen LogP contribution >= 0.6 is 0 Å². The SMILES string of the molecule is CCOc1cc(C)nc(Nc2ccc(-n3cnc(C)c3)c(OC)c2)n1. The smallest absolute Gasteiger partial charge is 0.230 e. The van der Waals surface area contributed by atoms with Crippen molar-refractivity contribution in [1.82, 2.24) is 19.5 Å². The lowest BCUT2D eigenvalue weighted by Crippen LogP contribution is -2.03. The molecule has 3 aromatic rings. The fourth-order valence-electron chi connectivity index (χ4n) is 2.47. The van der Waals surface area contributed by atoms with Crippen molar-refractivity contribution < 1.29 is 9.47 Å². The third-order valence-electron chi connectivity index (χ3n) is 3.55. The molecule has 1 N–H and O–H groups in total. The van der Waals surface area contributed by atoms with Gasteiger partial charge in [0.15, 0.2) is 0 Å². The van der Waals surface area contributed by atoms with Gasteiger partial charge in [-0.1, -0.05) is 0 Å². The second-order valence-corrected chi connectivity index (χ2v) is 5.54. The lowest BCUT2D eigenvalue weighted by Gasteiger charge is -2.13. The van der Waals surface area contributed by atoms with Crippen LogP contribution in [0.4, 0.5) is 11.6 Å². The van der Waals surface area contributed by atoms with E-state index in [1.165, 1.54) is 0 Å². The summed E-state index contributed by atoms with van der Waals surface area (Å²) in [4.78, 5) is 13.0. The number of nitrogens with zero attached hydrogens (tertiary/aromatic N) is 4. The Balaban J connectivity index is 1.89. The van der Waals surface area contributed by atoms with Crippen LogP contribution in [0.1, 0.15) is 18.3 Å². The van der Waals surface area contributed by atoms with Crippen LogP contribution in [-0.2, 0) is 0 Å². The van der Waals surface area contributed by atoms with Gasteiger partial charge in [0.25, 0.3) is 0 Å². The van der Waals surface area contributed by atoms with Gasteiger partial charge < -0.3 is 19.4 Å². The first-order valence-corrected chi connectivity index (χ1v) is 8.03. The average Bonchev–Trinajstić information content (AvgIpc) is 3.00. The van der Waals surface area contributed by atoms with Gasteiger partial charge in [-0.3, -0.25) is 0 Å². The molecule has 0 amide bonds. The van der Waals surface area contributed by atoms with Gasteiger partial charge in [-0.25, -0.2) is 9.97 Å². The molecule has 1 aromatic carbocycles. The highest BCUT2D eigenvalue weighted by atomic mass is 16.5. The predicted molar refractivity (Wildman–Crippen MR) is 96.1 cm³/mol. The number of methoxy groups -OCH3 is 1. The maximum absolute atomic E-state index is 5.52. The molecule has 0 spiro atoms. The molecule has 2 heterocycles. The van der Waals surface area contributed by atoms with Gasteiger partial charge in [0, 0.05) is 29.7 Å². The van der Waals surface area contributed by atoms with E-state index in [4.69, 9.17) is 9.47 Å². The molecule has 0 unspecified atom stereocenters. The van der Waals surface area contributed by atoms with Gasteiger partial charge in [-0.15, -0.1) is 0 Å². The number of benzene rings is 1. The van der Waals surface area contributed by atoms with E-state index in [2.05, 4.69) is 20.3 Å². The third-order valence-corrected chi connectivity index (χ3v) is 3.55. The maximum atomic E-state index is 5.52. The van der Waals surface area contributed by atoms with E-state index in [0.29, 0.717) is 18.4 Å². The van der Waals surface area contributed by atoms with Gasteiger partial charge in [0.05, 0.1) is 31.4 Å². The summed E-state index contributed by atoms with van der Waals surface area (Å²) in [6.45, 7) is 6.33. The number of hydrogen-bond donors (Lipinski definition) is 1. The molecular formula is C18H21N5O2. The standard InChI is InChI=1S/C18H21N5O2/c1-5-25-17-8-12(2)20-18(22-17)21-14-6-7-15(16(9-14)24-4)23-10-13(3)19-11-23/h6-11H,5H2,1-4H3,(H,20,21,22). The Morgan fingerprint density at radius 1 is 1.12 bits per heavy atom. The lowest BCUT2D eigenvalue weighted by molar-refractivity contribution is 0.326. The highest BCUT2D eigenvalue weighted by molar-refractivity contribution is 5.62. The molecule has 0 saturated carbocycles. The first kappa shape index (κ1) is 16.8. The average molecular weight is 339 g/mol. The Hall–Kier alpha value is -3.09. The zero-order valence-corrected chi connectivity index (χ0v) is 14.8. The molecule has 25 heavy (non-hydrogen) atoms. The second-order valence-electron chi connectivity index (χ2n) is 5.54. The molecule has 0 atom stereocenters. The van der Waals surface area contributed by atoms with Gasteiger partial charge in [0.1, 0.15) is 5.75 Å². The van der Waals surface area contributed by atoms with Crippen LogP contribution < -0.4 is 14.8 Å². The fraction of sp³-hybridized carbons (Fsp3) is 0.278. The minimum absolute atomic E-state index is 0.483. The Morgan fingerprint density at radius 3 is 2.64 bits per heavy atom. The van der Waals surface area contributed by atoms with Crippen LogP contribution in [0, 0.1) is 13.8 Å². The highest BCUT2D eigenvalue weighted by Crippen LogP contribution is 2.28. The molecule has 0 aliphatic rings. The largest absolute Gasteiger partial charge is 0.494 e. The van der Waals surface area contributed by atoms with Gasteiger partial charge >= 0.3 is 0 Å². The van der Waals surface area contributed by atoms with Crippen molar-refractivity contribution in [3.63, 3.8) is 0 Å². The van der Waals surface area contributed by atoms with Gasteiger partial charge in [-0.05, 0) is 32.9 Å². The summed E-state index contributed by atoms with van der Waals surface area (Å²) in [5, 5.41) is 3.20. The van der Waals surface area contributed by atoms with Crippen molar-refractivity contribution >= 4 is 11.6 Å². The number of ether oxygens (including phenoxy) is 2. The molecule has 0 fully saturated rings. The third kappa shape index (κ3) is 3.88. The quantitative estimate of drug-likeness (QED) is 0.742. The normalized spacial score (nSPS) is 10.6. The molecule has 130 valence electrons. The fourth-order valence-corrected chi connectivity index (χ4v) is 2.47. The molecule has 0 aliphatic carbocycles. The Labute approximate surface area is 146 Å². The van der Waals surface area contributed by atoms with Crippen LogP contribution in [0.15, 0.2) is 36.8 Å². The van der Waals surface area contributed by atoms with Crippen LogP contribution in [0.2, 0.25) is 0 Å². The Bertz CT molecular complexity index is 876. The maximum Gasteiger partial charge on any atom is 0.230 e. The molecule has 0 saturated heterocycles. The van der Waals surface area contributed by atoms with Crippen molar-refractivity contribution in [2.45, 2.75) is 20.8 Å². The van der Waals surface area contributed by atoms with E-state index in [9.17, 15) is 0 Å². The van der Waals surface area contributed by atoms with Gasteiger partial charge in [-0.2, -0.15) is 4.98 Å². The minimum Gasteiger partial charge on any atom is -0.494 e. The van der Waals surface area contributed by atoms with E-state index < -0.39 is 0 Å². The molecule has 0 bridgehead atoms. The van der Waals surface area contributed by atoms with Crippen LogP contribution in [0.5, 0.6) is 11.6 Å². The number of nitrogens with one attached hydrogen (secondary N) is 1. The minimum atomic E-state index is 0.483. The molecule has 3 rings (SSSR count). The predicted octanol–water partition coefficient (Wildman–Crippen LogP) is 3.43. The molecular weight excluding hydrogens is 318 g/mol. The van der Waals surface area contributed by atoms with Crippen LogP contribution in [-0.4, -0.2) is 33.2 Å². The first-order chi connectivity index (χ1) is 12.1. The summed E-state index contributed by atoms with van der Waals surface area (Å²) in [6.07, 6.45) is 3.71. The van der Waals surface area contributed by atoms with E-state index in [0.717, 1.165) is 28.5 Å². The summed E-state index contributed by atoms with van der Waals surface area (Å²) in [6, 6.07) is 7.61. The summed E-state index contributed by atoms with van der Waals surface area (Å²) in [5.74, 6) is 1.76. The summed E-state index contributed by atoms with van der Waals surface area (Å²) >= 11 is 0. The Morgan fingerprint density at radius 2 is 1.96 bits per heavy atom. The lowest BCUT2D eigenvalue weighted by atomic mass is 10.2. The monoisotopic (exact) mass is 339 g/mol. The van der Waals surface area contributed by atoms with Crippen molar-refractivity contribution in [1.29, 1.82) is 0 Å². The van der Waals surface area contributed by atoms with Crippen molar-refractivity contribution in [3.8, 4) is 17.3 Å². The van der Waals surface area contributed by atoms with Crippen molar-refractivity contribution in [2.75, 3.05) is 19.0 Å².